The Morgan fingerprint density at radius 3 is 2.63 bits per heavy atom. The average molecular weight is 277 g/mol. The standard InChI is InChI=1S/C15H17ClN2O/c1-18(2)13-7-4-6-12(9-13)17-10-11-5-3-8-14(16)15(11)19/h3-9,17,19H,10H2,1-2H3. The summed E-state index contributed by atoms with van der Waals surface area (Å²) < 4.78 is 0. The number of hydrogen-bond acceptors (Lipinski definition) is 3. The van der Waals surface area contributed by atoms with Crippen LogP contribution in [0.15, 0.2) is 42.5 Å². The maximum absolute atomic E-state index is 9.84. The number of nitrogens with zero attached hydrogens (tertiary/aromatic N) is 1. The zero-order valence-electron chi connectivity index (χ0n) is 11.0. The van der Waals surface area contributed by atoms with Gasteiger partial charge in [-0.3, -0.25) is 0 Å². The van der Waals surface area contributed by atoms with Crippen LogP contribution < -0.4 is 10.2 Å². The number of aromatic hydroxyl groups is 1. The molecule has 2 N–H and O–H groups in total. The van der Waals surface area contributed by atoms with Gasteiger partial charge in [0.1, 0.15) is 5.75 Å². The molecule has 0 bridgehead atoms. The molecule has 0 fully saturated rings. The minimum atomic E-state index is 0.139. The first-order valence-electron chi connectivity index (χ1n) is 6.05. The molecule has 2 aromatic rings. The Morgan fingerprint density at radius 2 is 1.89 bits per heavy atom. The summed E-state index contributed by atoms with van der Waals surface area (Å²) in [6, 6.07) is 13.4. The van der Waals surface area contributed by atoms with E-state index in [-0.39, 0.29) is 5.75 Å². The summed E-state index contributed by atoms with van der Waals surface area (Å²) in [7, 11) is 4.00. The molecule has 0 saturated heterocycles. The van der Waals surface area contributed by atoms with E-state index >= 15 is 0 Å². The van der Waals surface area contributed by atoms with Crippen molar-refractivity contribution in [1.29, 1.82) is 0 Å². The molecule has 4 heteroatoms. The van der Waals surface area contributed by atoms with Crippen molar-refractivity contribution in [2.45, 2.75) is 6.54 Å². The quantitative estimate of drug-likeness (QED) is 0.893. The van der Waals surface area contributed by atoms with Crippen molar-refractivity contribution in [2.75, 3.05) is 24.3 Å². The minimum Gasteiger partial charge on any atom is -0.506 e. The van der Waals surface area contributed by atoms with Crippen LogP contribution in [0.5, 0.6) is 5.75 Å². The number of nitrogens with one attached hydrogen (secondary N) is 1. The Kier molecular flexibility index (Phi) is 4.17. The summed E-state index contributed by atoms with van der Waals surface area (Å²) in [6.07, 6.45) is 0. The summed E-state index contributed by atoms with van der Waals surface area (Å²) in [5, 5.41) is 13.5. The fourth-order valence-corrected chi connectivity index (χ4v) is 1.99. The lowest BCUT2D eigenvalue weighted by Gasteiger charge is -2.15. The van der Waals surface area contributed by atoms with Crippen molar-refractivity contribution >= 4 is 23.0 Å². The number of halogens is 1. The predicted octanol–water partition coefficient (Wildman–Crippen LogP) is 3.72. The van der Waals surface area contributed by atoms with E-state index in [1.54, 1.807) is 6.07 Å². The maximum Gasteiger partial charge on any atom is 0.139 e. The molecule has 0 amide bonds. The summed E-state index contributed by atoms with van der Waals surface area (Å²) in [5.74, 6) is 0.139. The van der Waals surface area contributed by atoms with Gasteiger partial charge in [0, 0.05) is 37.6 Å². The Hall–Kier alpha value is -1.87. The van der Waals surface area contributed by atoms with E-state index < -0.39 is 0 Å². The Balaban J connectivity index is 2.10. The van der Waals surface area contributed by atoms with E-state index in [0.29, 0.717) is 11.6 Å². The molecule has 3 nitrogen and oxygen atoms in total. The number of para-hydroxylation sites is 1. The third-order valence-electron chi connectivity index (χ3n) is 2.92. The zero-order valence-corrected chi connectivity index (χ0v) is 11.8. The Labute approximate surface area is 118 Å². The second kappa shape index (κ2) is 5.85. The van der Waals surface area contributed by atoms with Crippen LogP contribution >= 0.6 is 11.6 Å². The number of anilines is 2. The lowest BCUT2D eigenvalue weighted by molar-refractivity contribution is 0.469. The summed E-state index contributed by atoms with van der Waals surface area (Å²) in [5.41, 5.74) is 2.91. The largest absolute Gasteiger partial charge is 0.506 e. The fourth-order valence-electron chi connectivity index (χ4n) is 1.79. The molecule has 0 saturated carbocycles. The topological polar surface area (TPSA) is 35.5 Å². The first kappa shape index (κ1) is 13.6. The molecule has 100 valence electrons. The van der Waals surface area contributed by atoms with Crippen LogP contribution in [0, 0.1) is 0 Å². The number of phenols is 1. The van der Waals surface area contributed by atoms with Gasteiger partial charge in [0.15, 0.2) is 0 Å². The molecule has 0 aliphatic rings. The van der Waals surface area contributed by atoms with Crippen molar-refractivity contribution < 1.29 is 5.11 Å². The lowest BCUT2D eigenvalue weighted by Crippen LogP contribution is -2.09. The minimum absolute atomic E-state index is 0.139. The molecule has 0 aliphatic carbocycles. The van der Waals surface area contributed by atoms with Crippen LogP contribution in [-0.2, 0) is 6.54 Å². The second-order valence-corrected chi connectivity index (χ2v) is 4.95. The highest BCUT2D eigenvalue weighted by Crippen LogP contribution is 2.27. The fraction of sp³-hybridized carbons (Fsp3) is 0.200. The molecule has 0 unspecified atom stereocenters. The van der Waals surface area contributed by atoms with Crippen molar-refractivity contribution in [3.63, 3.8) is 0 Å². The molecule has 0 heterocycles. The number of benzene rings is 2. The van der Waals surface area contributed by atoms with Gasteiger partial charge in [0.05, 0.1) is 5.02 Å². The van der Waals surface area contributed by atoms with Crippen LogP contribution in [0.4, 0.5) is 11.4 Å². The molecule has 2 aromatic carbocycles. The molecule has 0 aliphatic heterocycles. The van der Waals surface area contributed by atoms with E-state index in [2.05, 4.69) is 11.4 Å². The van der Waals surface area contributed by atoms with Crippen molar-refractivity contribution in [3.05, 3.63) is 53.1 Å². The normalized spacial score (nSPS) is 10.3. The SMILES string of the molecule is CN(C)c1cccc(NCc2cccc(Cl)c2O)c1. The second-order valence-electron chi connectivity index (χ2n) is 4.55. The summed E-state index contributed by atoms with van der Waals surface area (Å²) in [6.45, 7) is 0.531. The van der Waals surface area contributed by atoms with Crippen LogP contribution in [0.1, 0.15) is 5.56 Å². The van der Waals surface area contributed by atoms with Gasteiger partial charge in [0.25, 0.3) is 0 Å². The first-order valence-corrected chi connectivity index (χ1v) is 6.43. The van der Waals surface area contributed by atoms with Gasteiger partial charge in [-0.25, -0.2) is 0 Å². The summed E-state index contributed by atoms with van der Waals surface area (Å²) >= 11 is 5.88. The van der Waals surface area contributed by atoms with Gasteiger partial charge >= 0.3 is 0 Å². The third-order valence-corrected chi connectivity index (χ3v) is 3.22. The van der Waals surface area contributed by atoms with Gasteiger partial charge in [-0.2, -0.15) is 0 Å². The first-order chi connectivity index (χ1) is 9.08. The number of hydrogen-bond donors (Lipinski definition) is 2. The van der Waals surface area contributed by atoms with Gasteiger partial charge in [0.2, 0.25) is 0 Å². The van der Waals surface area contributed by atoms with Gasteiger partial charge in [-0.05, 0) is 24.3 Å². The molecule has 0 radical (unpaired) electrons. The van der Waals surface area contributed by atoms with E-state index in [4.69, 9.17) is 11.6 Å². The molecular weight excluding hydrogens is 260 g/mol. The van der Waals surface area contributed by atoms with E-state index in [1.807, 2.05) is 49.3 Å². The van der Waals surface area contributed by atoms with Crippen LogP contribution in [0.2, 0.25) is 5.02 Å². The molecule has 19 heavy (non-hydrogen) atoms. The molecular formula is C15H17ClN2O. The smallest absolute Gasteiger partial charge is 0.139 e. The highest BCUT2D eigenvalue weighted by atomic mass is 35.5. The van der Waals surface area contributed by atoms with Gasteiger partial charge in [-0.1, -0.05) is 29.8 Å². The monoisotopic (exact) mass is 276 g/mol. The van der Waals surface area contributed by atoms with Crippen LogP contribution in [0.25, 0.3) is 0 Å². The molecule has 2 rings (SSSR count). The summed E-state index contributed by atoms with van der Waals surface area (Å²) in [4.78, 5) is 2.04. The highest BCUT2D eigenvalue weighted by molar-refractivity contribution is 6.32. The van der Waals surface area contributed by atoms with Crippen molar-refractivity contribution in [1.82, 2.24) is 0 Å². The molecule has 0 aromatic heterocycles. The highest BCUT2D eigenvalue weighted by Gasteiger charge is 2.05. The van der Waals surface area contributed by atoms with E-state index in [1.165, 1.54) is 0 Å². The molecule has 0 spiro atoms. The molecule has 0 atom stereocenters. The van der Waals surface area contributed by atoms with Crippen LogP contribution in [0.3, 0.4) is 0 Å². The lowest BCUT2D eigenvalue weighted by atomic mass is 10.2. The number of phenolic OH excluding ortho intramolecular Hbond substituents is 1. The van der Waals surface area contributed by atoms with E-state index in [9.17, 15) is 5.11 Å². The van der Waals surface area contributed by atoms with Crippen molar-refractivity contribution in [3.8, 4) is 5.75 Å². The van der Waals surface area contributed by atoms with Crippen molar-refractivity contribution in [2.24, 2.45) is 0 Å². The van der Waals surface area contributed by atoms with Crippen LogP contribution in [-0.4, -0.2) is 19.2 Å². The Morgan fingerprint density at radius 1 is 1.16 bits per heavy atom. The average Bonchev–Trinajstić information content (AvgIpc) is 2.41. The van der Waals surface area contributed by atoms with Gasteiger partial charge < -0.3 is 15.3 Å². The van der Waals surface area contributed by atoms with Gasteiger partial charge in [-0.15, -0.1) is 0 Å². The Bertz CT molecular complexity index is 570. The maximum atomic E-state index is 9.84. The predicted molar refractivity (Wildman–Crippen MR) is 81.2 cm³/mol. The zero-order chi connectivity index (χ0) is 13.8. The van der Waals surface area contributed by atoms with E-state index in [0.717, 1.165) is 16.9 Å². The third kappa shape index (κ3) is 3.32. The number of rotatable bonds is 4.